The normalized spacial score (nSPS) is 10.7. The van der Waals surface area contributed by atoms with Crippen molar-refractivity contribution in [3.63, 3.8) is 0 Å². The Bertz CT molecular complexity index is 853. The van der Waals surface area contributed by atoms with E-state index in [4.69, 9.17) is 20.6 Å². The van der Waals surface area contributed by atoms with Crippen molar-refractivity contribution in [2.45, 2.75) is 5.41 Å². The maximum Gasteiger partial charge on any atom is 0.119 e. The van der Waals surface area contributed by atoms with Gasteiger partial charge in [0.15, 0.2) is 0 Å². The maximum absolute atomic E-state index is 6.21. The largest absolute Gasteiger partial charge is 0.497 e. The molecule has 0 spiro atoms. The van der Waals surface area contributed by atoms with Crippen molar-refractivity contribution in [3.8, 4) is 29.6 Å². The quantitative estimate of drug-likeness (QED) is 0.473. The van der Waals surface area contributed by atoms with E-state index in [9.17, 15) is 0 Å². The Balaban J connectivity index is 2.34. The van der Waals surface area contributed by atoms with Crippen molar-refractivity contribution in [2.75, 3.05) is 21.3 Å². The highest BCUT2D eigenvalue weighted by molar-refractivity contribution is 5.60. The van der Waals surface area contributed by atoms with Gasteiger partial charge in [0.05, 0.1) is 21.3 Å². The van der Waals surface area contributed by atoms with Crippen molar-refractivity contribution in [2.24, 2.45) is 0 Å². The fraction of sp³-hybridized carbons (Fsp3) is 0.167. The molecule has 3 aromatic rings. The third-order valence-electron chi connectivity index (χ3n) is 4.72. The molecule has 0 unspecified atom stereocenters. The number of benzene rings is 3. The van der Waals surface area contributed by atoms with E-state index in [2.05, 4.69) is 5.92 Å². The van der Waals surface area contributed by atoms with Gasteiger partial charge in [-0.1, -0.05) is 42.3 Å². The van der Waals surface area contributed by atoms with E-state index in [1.54, 1.807) is 21.3 Å². The summed E-state index contributed by atoms with van der Waals surface area (Å²) in [5.41, 5.74) is 1.99. The molecule has 0 aliphatic rings. The van der Waals surface area contributed by atoms with Crippen molar-refractivity contribution < 1.29 is 14.2 Å². The molecule has 0 radical (unpaired) electrons. The van der Waals surface area contributed by atoms with E-state index in [0.717, 1.165) is 33.9 Å². The van der Waals surface area contributed by atoms with Crippen LogP contribution in [0.25, 0.3) is 0 Å². The second-order valence-electron chi connectivity index (χ2n) is 6.09. The van der Waals surface area contributed by atoms with Gasteiger partial charge in [-0.3, -0.25) is 0 Å². The number of hydrogen-bond acceptors (Lipinski definition) is 3. The second-order valence-corrected chi connectivity index (χ2v) is 6.09. The summed E-state index contributed by atoms with van der Waals surface area (Å²) in [6.45, 7) is 0. The lowest BCUT2D eigenvalue weighted by atomic mass is 9.70. The molecular weight excluding hydrogens is 336 g/mol. The molecule has 3 nitrogen and oxygen atoms in total. The number of terminal acetylenes is 1. The summed E-state index contributed by atoms with van der Waals surface area (Å²) in [4.78, 5) is 0. The van der Waals surface area contributed by atoms with Crippen LogP contribution in [0.1, 0.15) is 16.7 Å². The van der Waals surface area contributed by atoms with E-state index in [1.807, 2.05) is 72.8 Å². The van der Waals surface area contributed by atoms with E-state index in [1.165, 1.54) is 0 Å². The second kappa shape index (κ2) is 7.88. The van der Waals surface area contributed by atoms with Crippen LogP contribution in [0.2, 0.25) is 0 Å². The summed E-state index contributed by atoms with van der Waals surface area (Å²) >= 11 is 0. The van der Waals surface area contributed by atoms with Gasteiger partial charge in [0.25, 0.3) is 0 Å². The van der Waals surface area contributed by atoms with Crippen molar-refractivity contribution in [1.82, 2.24) is 0 Å². The zero-order valence-electron chi connectivity index (χ0n) is 15.7. The number of hydrogen-bond donors (Lipinski definition) is 0. The molecule has 0 saturated heterocycles. The molecule has 0 aliphatic carbocycles. The van der Waals surface area contributed by atoms with Crippen LogP contribution in [-0.2, 0) is 5.41 Å². The molecule has 0 amide bonds. The molecule has 0 heterocycles. The summed E-state index contributed by atoms with van der Waals surface area (Å²) < 4.78 is 16.3. The monoisotopic (exact) mass is 358 g/mol. The topological polar surface area (TPSA) is 27.7 Å². The van der Waals surface area contributed by atoms with Gasteiger partial charge in [0, 0.05) is 0 Å². The molecule has 0 aliphatic heterocycles. The summed E-state index contributed by atoms with van der Waals surface area (Å²) in [5.74, 6) is 5.30. The van der Waals surface area contributed by atoms with Crippen molar-refractivity contribution in [1.29, 1.82) is 0 Å². The fourth-order valence-electron chi connectivity index (χ4n) is 3.32. The van der Waals surface area contributed by atoms with Crippen LogP contribution in [0.5, 0.6) is 17.2 Å². The average molecular weight is 358 g/mol. The number of methoxy groups -OCH3 is 3. The molecule has 3 heteroatoms. The van der Waals surface area contributed by atoms with Crippen molar-refractivity contribution >= 4 is 0 Å². The van der Waals surface area contributed by atoms with E-state index >= 15 is 0 Å². The van der Waals surface area contributed by atoms with E-state index in [0.29, 0.717) is 0 Å². The minimum absolute atomic E-state index is 0.748. The Morgan fingerprint density at radius 2 is 0.963 bits per heavy atom. The number of rotatable bonds is 6. The Labute approximate surface area is 160 Å². The Hall–Kier alpha value is -3.38. The summed E-state index contributed by atoms with van der Waals surface area (Å²) in [5, 5.41) is 0. The minimum atomic E-state index is -0.822. The van der Waals surface area contributed by atoms with Gasteiger partial charge >= 0.3 is 0 Å². The molecule has 0 fully saturated rings. The van der Waals surface area contributed by atoms with Gasteiger partial charge < -0.3 is 14.2 Å². The van der Waals surface area contributed by atoms with Gasteiger partial charge in [-0.2, -0.15) is 0 Å². The van der Waals surface area contributed by atoms with Gasteiger partial charge in [0.2, 0.25) is 0 Å². The van der Waals surface area contributed by atoms with Gasteiger partial charge in [0.1, 0.15) is 22.7 Å². The predicted molar refractivity (Wildman–Crippen MR) is 108 cm³/mol. The Morgan fingerprint density at radius 1 is 0.630 bits per heavy atom. The summed E-state index contributed by atoms with van der Waals surface area (Å²) in [6, 6.07) is 23.5. The average Bonchev–Trinajstić information content (AvgIpc) is 2.75. The molecular formula is C24H22O3. The predicted octanol–water partition coefficient (Wildman–Crippen LogP) is 4.68. The first kappa shape index (κ1) is 18.4. The van der Waals surface area contributed by atoms with Crippen LogP contribution in [0, 0.1) is 12.3 Å². The lowest BCUT2D eigenvalue weighted by Crippen LogP contribution is -2.27. The first-order valence-electron chi connectivity index (χ1n) is 8.59. The molecule has 27 heavy (non-hydrogen) atoms. The van der Waals surface area contributed by atoms with Crippen LogP contribution in [0.15, 0.2) is 72.8 Å². The molecule has 0 atom stereocenters. The molecule has 0 saturated carbocycles. The lowest BCUT2D eigenvalue weighted by molar-refractivity contribution is 0.412. The zero-order valence-corrected chi connectivity index (χ0v) is 15.7. The Kier molecular flexibility index (Phi) is 5.38. The van der Waals surface area contributed by atoms with Crippen molar-refractivity contribution in [3.05, 3.63) is 89.5 Å². The third kappa shape index (κ3) is 3.35. The van der Waals surface area contributed by atoms with Gasteiger partial charge in [-0.25, -0.2) is 0 Å². The molecule has 136 valence electrons. The highest BCUT2D eigenvalue weighted by Crippen LogP contribution is 2.41. The third-order valence-corrected chi connectivity index (χ3v) is 4.72. The Morgan fingerprint density at radius 3 is 1.22 bits per heavy atom. The summed E-state index contributed by atoms with van der Waals surface area (Å²) in [7, 11) is 4.94. The summed E-state index contributed by atoms with van der Waals surface area (Å²) in [6.07, 6.45) is 6.21. The zero-order chi connectivity index (χ0) is 19.3. The molecule has 3 aromatic carbocycles. The van der Waals surface area contributed by atoms with Crippen LogP contribution in [-0.4, -0.2) is 21.3 Å². The van der Waals surface area contributed by atoms with Crippen LogP contribution in [0.4, 0.5) is 0 Å². The standard InChI is InChI=1S/C24H22O3/c1-5-24(18-9-6-12-21(15-18)25-2,19-10-7-13-22(16-19)26-3)20-11-8-14-23(17-20)27-4/h1,6-17H,2-4H3. The van der Waals surface area contributed by atoms with Crippen LogP contribution in [0.3, 0.4) is 0 Å². The van der Waals surface area contributed by atoms with E-state index in [-0.39, 0.29) is 0 Å². The molecule has 0 N–H and O–H groups in total. The maximum atomic E-state index is 6.21. The van der Waals surface area contributed by atoms with Gasteiger partial charge in [-0.15, -0.1) is 6.42 Å². The highest BCUT2D eigenvalue weighted by Gasteiger charge is 2.35. The van der Waals surface area contributed by atoms with Gasteiger partial charge in [-0.05, 0) is 53.1 Å². The SMILES string of the molecule is C#CC(c1cccc(OC)c1)(c1cccc(OC)c1)c1cccc(OC)c1. The molecule has 0 aromatic heterocycles. The highest BCUT2D eigenvalue weighted by atomic mass is 16.5. The molecule has 3 rings (SSSR count). The first-order valence-corrected chi connectivity index (χ1v) is 8.59. The lowest BCUT2D eigenvalue weighted by Gasteiger charge is -2.31. The smallest absolute Gasteiger partial charge is 0.119 e. The van der Waals surface area contributed by atoms with E-state index < -0.39 is 5.41 Å². The van der Waals surface area contributed by atoms with Crippen LogP contribution < -0.4 is 14.2 Å². The first-order chi connectivity index (χ1) is 13.2. The van der Waals surface area contributed by atoms with Crippen LogP contribution >= 0.6 is 0 Å². The minimum Gasteiger partial charge on any atom is -0.497 e. The fourth-order valence-corrected chi connectivity index (χ4v) is 3.32. The number of ether oxygens (including phenoxy) is 3. The molecule has 0 bridgehead atoms.